The van der Waals surface area contributed by atoms with Gasteiger partial charge < -0.3 is 4.42 Å². The summed E-state index contributed by atoms with van der Waals surface area (Å²) in [6.45, 7) is 0. The highest BCUT2D eigenvalue weighted by molar-refractivity contribution is 7.25. The van der Waals surface area contributed by atoms with Crippen LogP contribution >= 0.6 is 11.3 Å². The molecule has 9 rings (SSSR count). The van der Waals surface area contributed by atoms with Gasteiger partial charge in [-0.3, -0.25) is 0 Å². The van der Waals surface area contributed by atoms with Crippen molar-refractivity contribution in [2.24, 2.45) is 0 Å². The molecule has 2 aromatic heterocycles. The van der Waals surface area contributed by atoms with Crippen LogP contribution in [-0.4, -0.2) is 0 Å². The summed E-state index contributed by atoms with van der Waals surface area (Å²) in [6.07, 6.45) is 1.77. The second-order valence-electron chi connectivity index (χ2n) is 10.5. The fourth-order valence-electron chi connectivity index (χ4n) is 6.56. The predicted octanol–water partition coefficient (Wildman–Crippen LogP) is 11.6. The smallest absolute Gasteiger partial charge is 0.134 e. The highest BCUT2D eigenvalue weighted by atomic mass is 32.1. The Morgan fingerprint density at radius 1 is 0.425 bits per heavy atom. The Kier molecular flexibility index (Phi) is 4.55. The standard InChI is InChI=1S/C38H22OS/c1-2-10-26-23(8-1)9-7-15-28(26)38-31-13-5-3-11-29(31)37(30-12-4-6-14-32(30)38)25-16-17-27-33-22-34-24(18-19-39-34)20-36(33)40-35(27)21-25/h1-22H. The summed E-state index contributed by atoms with van der Waals surface area (Å²) in [5.74, 6) is 0. The number of hydrogen-bond acceptors (Lipinski definition) is 2. The van der Waals surface area contributed by atoms with Crippen molar-refractivity contribution in [2.45, 2.75) is 0 Å². The minimum Gasteiger partial charge on any atom is -0.464 e. The van der Waals surface area contributed by atoms with Crippen LogP contribution in [0, 0.1) is 0 Å². The molecular weight excluding hydrogens is 504 g/mol. The largest absolute Gasteiger partial charge is 0.464 e. The van der Waals surface area contributed by atoms with Crippen LogP contribution in [0.15, 0.2) is 138 Å². The SMILES string of the molecule is c1ccc2c(-c3c4ccccc4c(-c4ccc5c(c4)sc4cc6ccoc6cc45)c4ccccc34)cccc2c1. The van der Waals surface area contributed by atoms with Crippen molar-refractivity contribution in [1.29, 1.82) is 0 Å². The lowest BCUT2D eigenvalue weighted by molar-refractivity contribution is 0.616. The van der Waals surface area contributed by atoms with Gasteiger partial charge >= 0.3 is 0 Å². The molecule has 0 radical (unpaired) electrons. The van der Waals surface area contributed by atoms with E-state index in [9.17, 15) is 0 Å². The molecule has 40 heavy (non-hydrogen) atoms. The monoisotopic (exact) mass is 526 g/mol. The van der Waals surface area contributed by atoms with Gasteiger partial charge in [0.05, 0.1) is 6.26 Å². The van der Waals surface area contributed by atoms with Gasteiger partial charge in [0.2, 0.25) is 0 Å². The maximum Gasteiger partial charge on any atom is 0.134 e. The minimum absolute atomic E-state index is 0.942. The van der Waals surface area contributed by atoms with Crippen LogP contribution in [0.5, 0.6) is 0 Å². The lowest BCUT2D eigenvalue weighted by atomic mass is 9.84. The summed E-state index contributed by atoms with van der Waals surface area (Å²) in [5, 5.41) is 11.4. The molecule has 0 aliphatic rings. The third kappa shape index (κ3) is 3.08. The lowest BCUT2D eigenvalue weighted by Gasteiger charge is -2.18. The molecule has 0 bridgehead atoms. The molecule has 0 saturated carbocycles. The predicted molar refractivity (Wildman–Crippen MR) is 172 cm³/mol. The average Bonchev–Trinajstić information content (AvgIpc) is 3.61. The Morgan fingerprint density at radius 2 is 1.07 bits per heavy atom. The molecule has 0 amide bonds. The molecule has 0 aliphatic carbocycles. The molecule has 0 saturated heterocycles. The fraction of sp³-hybridized carbons (Fsp3) is 0. The van der Waals surface area contributed by atoms with Gasteiger partial charge in [-0.25, -0.2) is 0 Å². The third-order valence-corrected chi connectivity index (χ3v) is 9.44. The molecular formula is C38H22OS. The quantitative estimate of drug-likeness (QED) is 0.204. The first-order valence-corrected chi connectivity index (χ1v) is 14.4. The molecule has 9 aromatic rings. The third-order valence-electron chi connectivity index (χ3n) is 8.33. The van der Waals surface area contributed by atoms with E-state index in [-0.39, 0.29) is 0 Å². The van der Waals surface area contributed by atoms with Gasteiger partial charge in [-0.15, -0.1) is 11.3 Å². The average molecular weight is 527 g/mol. The molecule has 186 valence electrons. The summed E-state index contributed by atoms with van der Waals surface area (Å²) in [7, 11) is 0. The van der Waals surface area contributed by atoms with Crippen LogP contribution in [0.1, 0.15) is 0 Å². The first-order valence-electron chi connectivity index (χ1n) is 13.6. The molecule has 2 heterocycles. The highest BCUT2D eigenvalue weighted by Gasteiger charge is 2.18. The summed E-state index contributed by atoms with van der Waals surface area (Å²) in [4.78, 5) is 0. The van der Waals surface area contributed by atoms with E-state index in [1.807, 2.05) is 17.4 Å². The van der Waals surface area contributed by atoms with Gasteiger partial charge in [0, 0.05) is 25.6 Å². The summed E-state index contributed by atoms with van der Waals surface area (Å²) in [6, 6.07) is 46.6. The topological polar surface area (TPSA) is 13.1 Å². The zero-order chi connectivity index (χ0) is 26.2. The molecule has 1 nitrogen and oxygen atoms in total. The van der Waals surface area contributed by atoms with Crippen molar-refractivity contribution in [2.75, 3.05) is 0 Å². The lowest BCUT2D eigenvalue weighted by Crippen LogP contribution is -1.91. The van der Waals surface area contributed by atoms with E-state index in [4.69, 9.17) is 4.42 Å². The Labute approximate surface area is 234 Å². The molecule has 0 fully saturated rings. The number of rotatable bonds is 2. The molecule has 0 aliphatic heterocycles. The van der Waals surface area contributed by atoms with Crippen LogP contribution in [0.2, 0.25) is 0 Å². The minimum atomic E-state index is 0.942. The van der Waals surface area contributed by atoms with Crippen molar-refractivity contribution in [3.63, 3.8) is 0 Å². The maximum atomic E-state index is 5.71. The summed E-state index contributed by atoms with van der Waals surface area (Å²) in [5.41, 5.74) is 6.07. The zero-order valence-electron chi connectivity index (χ0n) is 21.5. The van der Waals surface area contributed by atoms with E-state index < -0.39 is 0 Å². The van der Waals surface area contributed by atoms with E-state index in [0.717, 1.165) is 11.0 Å². The van der Waals surface area contributed by atoms with Crippen LogP contribution in [0.4, 0.5) is 0 Å². The maximum absolute atomic E-state index is 5.71. The first kappa shape index (κ1) is 22.0. The van der Waals surface area contributed by atoms with Crippen LogP contribution in [0.3, 0.4) is 0 Å². The Morgan fingerprint density at radius 3 is 1.85 bits per heavy atom. The van der Waals surface area contributed by atoms with Crippen molar-refractivity contribution in [3.8, 4) is 22.3 Å². The van der Waals surface area contributed by atoms with E-state index in [2.05, 4.69) is 121 Å². The fourth-order valence-corrected chi connectivity index (χ4v) is 7.74. The Hall–Kier alpha value is -4.92. The number of benzene rings is 7. The summed E-state index contributed by atoms with van der Waals surface area (Å²) < 4.78 is 8.30. The van der Waals surface area contributed by atoms with Crippen molar-refractivity contribution >= 4 is 74.8 Å². The molecule has 2 heteroatoms. The number of furan rings is 1. The van der Waals surface area contributed by atoms with Crippen LogP contribution in [-0.2, 0) is 0 Å². The first-order chi connectivity index (χ1) is 19.8. The van der Waals surface area contributed by atoms with Crippen molar-refractivity contribution in [1.82, 2.24) is 0 Å². The number of thiophene rings is 1. The van der Waals surface area contributed by atoms with Gasteiger partial charge in [0.1, 0.15) is 5.58 Å². The van der Waals surface area contributed by atoms with Crippen molar-refractivity contribution < 1.29 is 4.42 Å². The van der Waals surface area contributed by atoms with E-state index >= 15 is 0 Å². The van der Waals surface area contributed by atoms with Gasteiger partial charge in [-0.05, 0) is 78.8 Å². The second kappa shape index (κ2) is 8.29. The second-order valence-corrected chi connectivity index (χ2v) is 11.6. The summed E-state index contributed by atoms with van der Waals surface area (Å²) >= 11 is 1.86. The van der Waals surface area contributed by atoms with Gasteiger partial charge in [-0.2, -0.15) is 0 Å². The Bertz CT molecular complexity index is 2380. The number of fused-ring (bicyclic) bond motifs is 7. The van der Waals surface area contributed by atoms with Gasteiger partial charge in [-0.1, -0.05) is 103 Å². The molecule has 7 aromatic carbocycles. The molecule has 0 spiro atoms. The molecule has 0 unspecified atom stereocenters. The van der Waals surface area contributed by atoms with E-state index in [1.54, 1.807) is 6.26 Å². The van der Waals surface area contributed by atoms with E-state index in [1.165, 1.54) is 74.7 Å². The van der Waals surface area contributed by atoms with Crippen molar-refractivity contribution in [3.05, 3.63) is 134 Å². The highest BCUT2D eigenvalue weighted by Crippen LogP contribution is 2.46. The zero-order valence-corrected chi connectivity index (χ0v) is 22.3. The van der Waals surface area contributed by atoms with Crippen LogP contribution < -0.4 is 0 Å². The van der Waals surface area contributed by atoms with E-state index in [0.29, 0.717) is 0 Å². The number of hydrogen-bond donors (Lipinski definition) is 0. The van der Waals surface area contributed by atoms with Gasteiger partial charge in [0.15, 0.2) is 0 Å². The van der Waals surface area contributed by atoms with Gasteiger partial charge in [0.25, 0.3) is 0 Å². The normalized spacial score (nSPS) is 12.0. The molecule has 0 atom stereocenters. The van der Waals surface area contributed by atoms with Crippen LogP contribution in [0.25, 0.3) is 85.7 Å². The Balaban J connectivity index is 1.38. The molecule has 0 N–H and O–H groups in total.